The summed E-state index contributed by atoms with van der Waals surface area (Å²) in [5, 5.41) is 19.8. The maximum absolute atomic E-state index is 12.9. The molecule has 0 spiro atoms. The fraction of sp³-hybridized carbons (Fsp3) is 0.316. The van der Waals surface area contributed by atoms with Crippen LogP contribution in [0.2, 0.25) is 0 Å². The number of carbonyl (C=O) groups excluding carboxylic acids is 1. The van der Waals surface area contributed by atoms with Crippen molar-refractivity contribution < 1.29 is 18.0 Å². The van der Waals surface area contributed by atoms with Crippen molar-refractivity contribution in [3.8, 4) is 11.8 Å². The van der Waals surface area contributed by atoms with Crippen molar-refractivity contribution in [1.82, 2.24) is 29.9 Å². The summed E-state index contributed by atoms with van der Waals surface area (Å²) in [5.74, 6) is -0.637. The second-order valence-electron chi connectivity index (χ2n) is 6.94. The highest BCUT2D eigenvalue weighted by Gasteiger charge is 2.36. The molecule has 3 heterocycles. The summed E-state index contributed by atoms with van der Waals surface area (Å²) >= 11 is 0. The van der Waals surface area contributed by atoms with Gasteiger partial charge in [0, 0.05) is 37.1 Å². The normalized spacial score (nSPS) is 16.0. The third kappa shape index (κ3) is 3.63. The van der Waals surface area contributed by atoms with Gasteiger partial charge in [0.15, 0.2) is 5.69 Å². The van der Waals surface area contributed by atoms with Crippen molar-refractivity contribution in [3.05, 3.63) is 58.9 Å². The number of nitriles is 1. The largest absolute Gasteiger partial charge is 0.435 e. The van der Waals surface area contributed by atoms with E-state index in [1.807, 2.05) is 6.07 Å². The molecule has 0 fully saturated rings. The van der Waals surface area contributed by atoms with E-state index in [4.69, 9.17) is 5.26 Å². The van der Waals surface area contributed by atoms with Crippen LogP contribution in [0.4, 0.5) is 13.2 Å². The van der Waals surface area contributed by atoms with Crippen LogP contribution in [0.25, 0.3) is 5.69 Å². The van der Waals surface area contributed by atoms with Crippen molar-refractivity contribution in [2.45, 2.75) is 31.5 Å². The van der Waals surface area contributed by atoms with Crippen LogP contribution in [0, 0.1) is 11.3 Å². The summed E-state index contributed by atoms with van der Waals surface area (Å²) < 4.78 is 41.2. The van der Waals surface area contributed by atoms with E-state index >= 15 is 0 Å². The summed E-state index contributed by atoms with van der Waals surface area (Å²) in [6.07, 6.45) is 0.772. The van der Waals surface area contributed by atoms with E-state index < -0.39 is 23.8 Å². The van der Waals surface area contributed by atoms with Crippen LogP contribution in [0.3, 0.4) is 0 Å². The van der Waals surface area contributed by atoms with Crippen molar-refractivity contribution in [2.75, 3.05) is 0 Å². The Balaban J connectivity index is 1.59. The molecule has 0 aromatic carbocycles. The van der Waals surface area contributed by atoms with Gasteiger partial charge in [0.25, 0.3) is 5.91 Å². The molecule has 154 valence electrons. The average molecular weight is 415 g/mol. The van der Waals surface area contributed by atoms with E-state index in [0.717, 1.165) is 34.8 Å². The topological polar surface area (TPSA) is 101 Å². The molecule has 0 aliphatic heterocycles. The van der Waals surface area contributed by atoms with Gasteiger partial charge in [-0.3, -0.25) is 9.48 Å². The predicted molar refractivity (Wildman–Crippen MR) is 97.4 cm³/mol. The van der Waals surface area contributed by atoms with E-state index in [-0.39, 0.29) is 11.4 Å². The molecule has 30 heavy (non-hydrogen) atoms. The average Bonchev–Trinajstić information content (AvgIpc) is 3.32. The van der Waals surface area contributed by atoms with Gasteiger partial charge >= 0.3 is 6.18 Å². The molecule has 8 nitrogen and oxygen atoms in total. The third-order valence-corrected chi connectivity index (χ3v) is 4.94. The van der Waals surface area contributed by atoms with Crippen LogP contribution >= 0.6 is 0 Å². The Kier molecular flexibility index (Phi) is 4.77. The monoisotopic (exact) mass is 415 g/mol. The second kappa shape index (κ2) is 7.29. The van der Waals surface area contributed by atoms with Gasteiger partial charge in [-0.15, -0.1) is 0 Å². The molecule has 1 atom stereocenters. The third-order valence-electron chi connectivity index (χ3n) is 4.94. The molecule has 1 aliphatic rings. The van der Waals surface area contributed by atoms with E-state index in [0.29, 0.717) is 12.1 Å². The molecular formula is C19H16F3N7O. The number of carbonyl (C=O) groups is 1. The second-order valence-corrected chi connectivity index (χ2v) is 6.94. The number of hydrogen-bond donors (Lipinski definition) is 1. The Bertz CT molecular complexity index is 1160. The lowest BCUT2D eigenvalue weighted by Gasteiger charge is -2.22. The molecule has 0 bridgehead atoms. The van der Waals surface area contributed by atoms with Gasteiger partial charge < -0.3 is 5.32 Å². The van der Waals surface area contributed by atoms with Crippen molar-refractivity contribution in [3.63, 3.8) is 0 Å². The maximum Gasteiger partial charge on any atom is 0.435 e. The summed E-state index contributed by atoms with van der Waals surface area (Å²) in [6.45, 7) is 0. The highest BCUT2D eigenvalue weighted by Crippen LogP contribution is 2.31. The zero-order valence-corrected chi connectivity index (χ0v) is 15.8. The molecule has 0 radical (unpaired) electrons. The molecule has 0 unspecified atom stereocenters. The number of pyridine rings is 1. The lowest BCUT2D eigenvalue weighted by atomic mass is 9.93. The van der Waals surface area contributed by atoms with Crippen LogP contribution in [-0.4, -0.2) is 30.5 Å². The van der Waals surface area contributed by atoms with E-state index in [9.17, 15) is 18.0 Å². The number of amides is 1. The number of fused-ring (bicyclic) bond motifs is 1. The molecule has 0 saturated heterocycles. The van der Waals surface area contributed by atoms with Gasteiger partial charge in [0.2, 0.25) is 0 Å². The first-order chi connectivity index (χ1) is 14.3. The Morgan fingerprint density at radius 3 is 2.83 bits per heavy atom. The van der Waals surface area contributed by atoms with Crippen molar-refractivity contribution in [1.29, 1.82) is 5.26 Å². The van der Waals surface area contributed by atoms with Gasteiger partial charge in [-0.2, -0.15) is 28.6 Å². The molecule has 4 rings (SSSR count). The van der Waals surface area contributed by atoms with Crippen LogP contribution < -0.4 is 5.32 Å². The number of aromatic nitrogens is 5. The van der Waals surface area contributed by atoms with Crippen LogP contribution in [0.1, 0.15) is 52.0 Å². The number of nitrogens with zero attached hydrogens (tertiary/aromatic N) is 6. The minimum absolute atomic E-state index is 0.172. The SMILES string of the molecule is Cn1nc(C(F)(F)F)cc1C(=O)N[C@H]1CCCc2nn(-c3ccnc(C#N)c3)cc21. The van der Waals surface area contributed by atoms with E-state index in [2.05, 4.69) is 20.5 Å². The lowest BCUT2D eigenvalue weighted by molar-refractivity contribution is -0.141. The fourth-order valence-electron chi connectivity index (χ4n) is 3.49. The van der Waals surface area contributed by atoms with Crippen molar-refractivity contribution >= 4 is 5.91 Å². The fourth-order valence-corrected chi connectivity index (χ4v) is 3.49. The standard InChI is InChI=1S/C19H16F3N7O/c1-28-16(8-17(27-28)19(20,21)22)18(30)25-14-3-2-4-15-13(14)10-29(26-15)12-5-6-24-11(7-12)9-23/h5-8,10,14H,2-4H2,1H3,(H,25,30)/t14-/m0/s1. The van der Waals surface area contributed by atoms with E-state index in [1.54, 1.807) is 23.0 Å². The molecule has 0 saturated carbocycles. The van der Waals surface area contributed by atoms with E-state index in [1.165, 1.54) is 13.2 Å². The summed E-state index contributed by atoms with van der Waals surface area (Å²) in [4.78, 5) is 16.6. The minimum Gasteiger partial charge on any atom is -0.344 e. The zero-order chi connectivity index (χ0) is 21.5. The molecule has 1 aliphatic carbocycles. The molecule has 3 aromatic rings. The smallest absolute Gasteiger partial charge is 0.344 e. The first-order valence-electron chi connectivity index (χ1n) is 9.13. The molecule has 1 amide bonds. The lowest BCUT2D eigenvalue weighted by Crippen LogP contribution is -2.31. The number of nitrogens with one attached hydrogen (secondary N) is 1. The van der Waals surface area contributed by atoms with Crippen LogP contribution in [-0.2, 0) is 19.6 Å². The first-order valence-corrected chi connectivity index (χ1v) is 9.13. The summed E-state index contributed by atoms with van der Waals surface area (Å²) in [6, 6.07) is 5.63. The minimum atomic E-state index is -4.62. The predicted octanol–water partition coefficient (Wildman–Crippen LogP) is 2.70. The number of halogens is 3. The molecule has 1 N–H and O–H groups in total. The van der Waals surface area contributed by atoms with Crippen LogP contribution in [0.15, 0.2) is 30.6 Å². The van der Waals surface area contributed by atoms with Gasteiger partial charge in [-0.25, -0.2) is 9.67 Å². The molecule has 3 aromatic heterocycles. The Hall–Kier alpha value is -3.68. The number of aryl methyl sites for hydroxylation is 2. The number of rotatable bonds is 3. The molecule has 11 heteroatoms. The van der Waals surface area contributed by atoms with Crippen molar-refractivity contribution in [2.24, 2.45) is 7.05 Å². The number of alkyl halides is 3. The Morgan fingerprint density at radius 2 is 2.13 bits per heavy atom. The first kappa shape index (κ1) is 19.6. The van der Waals surface area contributed by atoms with Gasteiger partial charge in [-0.05, 0) is 25.3 Å². The Labute approximate surface area is 168 Å². The quantitative estimate of drug-likeness (QED) is 0.709. The maximum atomic E-state index is 12.9. The van der Waals surface area contributed by atoms with Gasteiger partial charge in [-0.1, -0.05) is 0 Å². The highest BCUT2D eigenvalue weighted by atomic mass is 19.4. The Morgan fingerprint density at radius 1 is 1.33 bits per heavy atom. The highest BCUT2D eigenvalue weighted by molar-refractivity contribution is 5.93. The summed E-state index contributed by atoms with van der Waals surface area (Å²) in [5.41, 5.74) is 1.21. The van der Waals surface area contributed by atoms with Gasteiger partial charge in [0.1, 0.15) is 17.5 Å². The van der Waals surface area contributed by atoms with Crippen LogP contribution in [0.5, 0.6) is 0 Å². The number of hydrogen-bond acceptors (Lipinski definition) is 5. The zero-order valence-electron chi connectivity index (χ0n) is 15.8. The summed E-state index contributed by atoms with van der Waals surface area (Å²) in [7, 11) is 1.30. The van der Waals surface area contributed by atoms with Gasteiger partial charge in [0.05, 0.1) is 17.4 Å². The molecular weight excluding hydrogens is 399 g/mol.